The molecule has 2 rings (SSSR count). The lowest BCUT2D eigenvalue weighted by Crippen LogP contribution is -2.06. The van der Waals surface area contributed by atoms with Gasteiger partial charge in [-0.1, -0.05) is 89.8 Å². The van der Waals surface area contributed by atoms with Gasteiger partial charge in [-0.05, 0) is 61.1 Å². The summed E-state index contributed by atoms with van der Waals surface area (Å²) in [7, 11) is 0. The van der Waals surface area contributed by atoms with Gasteiger partial charge in [0.05, 0.1) is 26.4 Å². The van der Waals surface area contributed by atoms with E-state index in [1.807, 2.05) is 24.3 Å². The highest BCUT2D eigenvalue weighted by atomic mass is 16.5. The van der Waals surface area contributed by atoms with Crippen LogP contribution in [0.25, 0.3) is 12.2 Å². The fourth-order valence-electron chi connectivity index (χ4n) is 3.36. The lowest BCUT2D eigenvalue weighted by atomic mass is 10.1. The second-order valence-corrected chi connectivity index (χ2v) is 8.94. The van der Waals surface area contributed by atoms with E-state index in [1.54, 1.807) is 0 Å². The number of rotatable bonds is 19. The van der Waals surface area contributed by atoms with Crippen molar-refractivity contribution in [2.24, 2.45) is 0 Å². The second kappa shape index (κ2) is 18.4. The van der Waals surface area contributed by atoms with Crippen LogP contribution in [-0.4, -0.2) is 26.4 Å². The molecule has 0 bridgehead atoms. The fraction of sp³-hybridized carbons (Fsp3) is 0.500. The van der Waals surface area contributed by atoms with Crippen molar-refractivity contribution in [3.05, 3.63) is 59.7 Å². The van der Waals surface area contributed by atoms with E-state index in [1.165, 1.54) is 0 Å². The minimum atomic E-state index is 0.658. The second-order valence-electron chi connectivity index (χ2n) is 8.94. The van der Waals surface area contributed by atoms with Crippen molar-refractivity contribution in [1.29, 1.82) is 0 Å². The van der Waals surface area contributed by atoms with E-state index in [0.717, 1.165) is 92.1 Å². The van der Waals surface area contributed by atoms with Gasteiger partial charge in [0.1, 0.15) is 5.75 Å². The standard InChI is InChI=1S/C32H46O4/c1-5-9-21-33-29-19-17-27(18-20-29)15-13-14-16-28-25-30(34-22-10-6-2)32(36-24-12-8-4)31(26-28)35-23-11-7-3/h13-20,25-26H,5-12,21-24H2,1-4H3/b15-13+,16-14+. The number of ether oxygens (including phenoxy) is 4. The van der Waals surface area contributed by atoms with Crippen molar-refractivity contribution in [2.45, 2.75) is 79.1 Å². The molecule has 4 nitrogen and oxygen atoms in total. The maximum atomic E-state index is 6.15. The van der Waals surface area contributed by atoms with Crippen LogP contribution in [0.3, 0.4) is 0 Å². The van der Waals surface area contributed by atoms with Gasteiger partial charge in [0.15, 0.2) is 11.5 Å². The third-order valence-corrected chi connectivity index (χ3v) is 5.63. The molecule has 0 saturated heterocycles. The van der Waals surface area contributed by atoms with E-state index < -0.39 is 0 Å². The molecule has 0 unspecified atom stereocenters. The largest absolute Gasteiger partial charge is 0.494 e. The highest BCUT2D eigenvalue weighted by Crippen LogP contribution is 2.40. The molecular weight excluding hydrogens is 448 g/mol. The Bertz CT molecular complexity index is 868. The monoisotopic (exact) mass is 494 g/mol. The average molecular weight is 495 g/mol. The quantitative estimate of drug-likeness (QED) is 0.144. The molecule has 0 aliphatic carbocycles. The maximum absolute atomic E-state index is 6.15. The molecule has 0 spiro atoms. The van der Waals surface area contributed by atoms with Crippen molar-refractivity contribution in [1.82, 2.24) is 0 Å². The summed E-state index contributed by atoms with van der Waals surface area (Å²) >= 11 is 0. The van der Waals surface area contributed by atoms with Crippen LogP contribution in [0.4, 0.5) is 0 Å². The first-order valence-electron chi connectivity index (χ1n) is 13.9. The van der Waals surface area contributed by atoms with Gasteiger partial charge in [-0.3, -0.25) is 0 Å². The number of allylic oxidation sites excluding steroid dienone is 2. The normalized spacial score (nSPS) is 11.3. The van der Waals surface area contributed by atoms with Gasteiger partial charge in [-0.2, -0.15) is 0 Å². The van der Waals surface area contributed by atoms with Crippen molar-refractivity contribution in [3.8, 4) is 23.0 Å². The lowest BCUT2D eigenvalue weighted by molar-refractivity contribution is 0.237. The van der Waals surface area contributed by atoms with Crippen LogP contribution in [0.15, 0.2) is 48.6 Å². The molecule has 0 N–H and O–H groups in total. The Kier molecular flexibility index (Phi) is 15.0. The molecule has 4 heteroatoms. The molecule has 198 valence electrons. The van der Waals surface area contributed by atoms with Gasteiger partial charge in [-0.25, -0.2) is 0 Å². The van der Waals surface area contributed by atoms with Gasteiger partial charge in [0.25, 0.3) is 0 Å². The van der Waals surface area contributed by atoms with Gasteiger partial charge >= 0.3 is 0 Å². The molecular formula is C32H46O4. The third-order valence-electron chi connectivity index (χ3n) is 5.63. The smallest absolute Gasteiger partial charge is 0.203 e. The molecule has 0 fully saturated rings. The third kappa shape index (κ3) is 11.2. The zero-order valence-electron chi connectivity index (χ0n) is 22.9. The summed E-state index contributed by atoms with van der Waals surface area (Å²) in [5, 5.41) is 0. The first-order chi connectivity index (χ1) is 17.7. The van der Waals surface area contributed by atoms with Crippen LogP contribution >= 0.6 is 0 Å². The average Bonchev–Trinajstić information content (AvgIpc) is 2.89. The Morgan fingerprint density at radius 3 is 1.47 bits per heavy atom. The number of hydrogen-bond donors (Lipinski definition) is 0. The van der Waals surface area contributed by atoms with E-state index >= 15 is 0 Å². The van der Waals surface area contributed by atoms with Crippen LogP contribution in [0, 0.1) is 0 Å². The van der Waals surface area contributed by atoms with Gasteiger partial charge in [-0.15, -0.1) is 0 Å². The summed E-state index contributed by atoms with van der Waals surface area (Å²) in [5.74, 6) is 3.17. The molecule has 36 heavy (non-hydrogen) atoms. The first kappa shape index (κ1) is 29.4. The predicted molar refractivity (Wildman–Crippen MR) is 153 cm³/mol. The van der Waals surface area contributed by atoms with Crippen molar-refractivity contribution in [3.63, 3.8) is 0 Å². The van der Waals surface area contributed by atoms with E-state index in [4.69, 9.17) is 18.9 Å². The summed E-state index contributed by atoms with van der Waals surface area (Å²) < 4.78 is 24.2. The Balaban J connectivity index is 2.16. The highest BCUT2D eigenvalue weighted by molar-refractivity contribution is 5.64. The highest BCUT2D eigenvalue weighted by Gasteiger charge is 2.15. The van der Waals surface area contributed by atoms with Crippen LogP contribution in [0.2, 0.25) is 0 Å². The van der Waals surface area contributed by atoms with Gasteiger partial charge in [0.2, 0.25) is 5.75 Å². The summed E-state index contributed by atoms with van der Waals surface area (Å²) in [6, 6.07) is 12.3. The Labute approximate surface area is 219 Å². The number of hydrogen-bond acceptors (Lipinski definition) is 4. The maximum Gasteiger partial charge on any atom is 0.203 e. The predicted octanol–water partition coefficient (Wildman–Crippen LogP) is 9.13. The zero-order valence-corrected chi connectivity index (χ0v) is 22.9. The molecule has 2 aromatic carbocycles. The summed E-state index contributed by atoms with van der Waals surface area (Å²) in [6.07, 6.45) is 16.7. The van der Waals surface area contributed by atoms with E-state index in [2.05, 4.69) is 64.1 Å². The van der Waals surface area contributed by atoms with Crippen LogP contribution in [0.1, 0.15) is 90.2 Å². The molecule has 0 heterocycles. The molecule has 2 aromatic rings. The van der Waals surface area contributed by atoms with Gasteiger partial charge in [0, 0.05) is 0 Å². The number of benzene rings is 2. The van der Waals surface area contributed by atoms with E-state index in [9.17, 15) is 0 Å². The molecule has 0 aliphatic heterocycles. The summed E-state index contributed by atoms with van der Waals surface area (Å²) in [4.78, 5) is 0. The molecule has 0 saturated carbocycles. The van der Waals surface area contributed by atoms with Gasteiger partial charge < -0.3 is 18.9 Å². The van der Waals surface area contributed by atoms with Crippen LogP contribution in [0.5, 0.6) is 23.0 Å². The number of unbranched alkanes of at least 4 members (excludes halogenated alkanes) is 4. The van der Waals surface area contributed by atoms with Crippen molar-refractivity contribution < 1.29 is 18.9 Å². The van der Waals surface area contributed by atoms with E-state index in [-0.39, 0.29) is 0 Å². The van der Waals surface area contributed by atoms with Crippen LogP contribution in [-0.2, 0) is 0 Å². The minimum absolute atomic E-state index is 0.658. The summed E-state index contributed by atoms with van der Waals surface area (Å²) in [6.45, 7) is 11.4. The van der Waals surface area contributed by atoms with Crippen LogP contribution < -0.4 is 18.9 Å². The summed E-state index contributed by atoms with van der Waals surface area (Å²) in [5.41, 5.74) is 2.16. The fourth-order valence-corrected chi connectivity index (χ4v) is 3.36. The lowest BCUT2D eigenvalue weighted by Gasteiger charge is -2.18. The molecule has 0 amide bonds. The Morgan fingerprint density at radius 1 is 0.528 bits per heavy atom. The minimum Gasteiger partial charge on any atom is -0.494 e. The Hall–Kier alpha value is -2.88. The molecule has 0 aliphatic rings. The molecule has 0 radical (unpaired) electrons. The first-order valence-corrected chi connectivity index (χ1v) is 13.9. The van der Waals surface area contributed by atoms with Crippen molar-refractivity contribution >= 4 is 12.2 Å². The topological polar surface area (TPSA) is 36.9 Å². The van der Waals surface area contributed by atoms with E-state index in [0.29, 0.717) is 19.8 Å². The zero-order chi connectivity index (χ0) is 25.8. The SMILES string of the molecule is CCCCOc1ccc(/C=C/C=C/c2cc(OCCCC)c(OCCCC)c(OCCCC)c2)cc1. The van der Waals surface area contributed by atoms with Crippen molar-refractivity contribution in [2.75, 3.05) is 26.4 Å². The molecule has 0 aromatic heterocycles. The Morgan fingerprint density at radius 2 is 0.972 bits per heavy atom. The molecule has 0 atom stereocenters.